The Labute approximate surface area is 89.5 Å². The standard InChI is InChI=1S/C11H17N3O/c12-9-3-2-6-14(7-9)8-11(15)10-4-1-5-13-10/h1,4-5,9,13H,2-3,6-8,12H2. The highest BCUT2D eigenvalue weighted by atomic mass is 16.1. The van der Waals surface area contributed by atoms with Crippen LogP contribution >= 0.6 is 0 Å². The van der Waals surface area contributed by atoms with E-state index >= 15 is 0 Å². The number of nitrogens with one attached hydrogen (secondary N) is 1. The molecule has 0 amide bonds. The highest BCUT2D eigenvalue weighted by molar-refractivity contribution is 5.95. The third-order valence-electron chi connectivity index (χ3n) is 2.81. The molecule has 1 unspecified atom stereocenters. The van der Waals surface area contributed by atoms with Gasteiger partial charge in [-0.15, -0.1) is 0 Å². The second kappa shape index (κ2) is 4.59. The van der Waals surface area contributed by atoms with Crippen LogP contribution in [0, 0.1) is 0 Å². The highest BCUT2D eigenvalue weighted by Gasteiger charge is 2.19. The topological polar surface area (TPSA) is 62.1 Å². The summed E-state index contributed by atoms with van der Waals surface area (Å²) in [6, 6.07) is 3.89. The summed E-state index contributed by atoms with van der Waals surface area (Å²) in [4.78, 5) is 16.8. The first-order valence-corrected chi connectivity index (χ1v) is 5.40. The number of aromatic amines is 1. The number of hydrogen-bond donors (Lipinski definition) is 2. The number of carbonyl (C=O) groups is 1. The summed E-state index contributed by atoms with van der Waals surface area (Å²) >= 11 is 0. The minimum absolute atomic E-state index is 0.147. The van der Waals surface area contributed by atoms with E-state index in [1.807, 2.05) is 12.1 Å². The fourth-order valence-electron chi connectivity index (χ4n) is 2.03. The minimum Gasteiger partial charge on any atom is -0.359 e. The average molecular weight is 207 g/mol. The molecule has 1 atom stereocenters. The number of piperidine rings is 1. The van der Waals surface area contributed by atoms with Gasteiger partial charge < -0.3 is 10.7 Å². The zero-order valence-electron chi connectivity index (χ0n) is 8.78. The van der Waals surface area contributed by atoms with Crippen molar-refractivity contribution in [2.75, 3.05) is 19.6 Å². The van der Waals surface area contributed by atoms with Crippen LogP contribution in [0.25, 0.3) is 0 Å². The van der Waals surface area contributed by atoms with Crippen molar-refractivity contribution in [1.29, 1.82) is 0 Å². The van der Waals surface area contributed by atoms with Crippen molar-refractivity contribution in [1.82, 2.24) is 9.88 Å². The summed E-state index contributed by atoms with van der Waals surface area (Å²) in [7, 11) is 0. The molecule has 2 rings (SSSR count). The average Bonchev–Trinajstić information content (AvgIpc) is 2.70. The van der Waals surface area contributed by atoms with Gasteiger partial charge in [-0.25, -0.2) is 0 Å². The molecule has 15 heavy (non-hydrogen) atoms. The van der Waals surface area contributed by atoms with Crippen molar-refractivity contribution in [3.63, 3.8) is 0 Å². The summed E-state index contributed by atoms with van der Waals surface area (Å²) < 4.78 is 0. The number of Topliss-reactive ketones (excluding diaryl/α,β-unsaturated/α-hetero) is 1. The zero-order chi connectivity index (χ0) is 10.7. The smallest absolute Gasteiger partial charge is 0.192 e. The summed E-state index contributed by atoms with van der Waals surface area (Å²) in [6.45, 7) is 2.31. The quantitative estimate of drug-likeness (QED) is 0.714. The first-order valence-electron chi connectivity index (χ1n) is 5.40. The molecule has 0 aliphatic carbocycles. The van der Waals surface area contributed by atoms with Crippen molar-refractivity contribution in [2.45, 2.75) is 18.9 Å². The van der Waals surface area contributed by atoms with Gasteiger partial charge in [-0.05, 0) is 31.5 Å². The maximum Gasteiger partial charge on any atom is 0.192 e. The normalized spacial score (nSPS) is 22.9. The van der Waals surface area contributed by atoms with Crippen LogP contribution in [0.2, 0.25) is 0 Å². The Morgan fingerprint density at radius 2 is 2.53 bits per heavy atom. The van der Waals surface area contributed by atoms with Crippen molar-refractivity contribution in [3.05, 3.63) is 24.0 Å². The molecule has 82 valence electrons. The Morgan fingerprint density at radius 1 is 1.67 bits per heavy atom. The van der Waals surface area contributed by atoms with Crippen molar-refractivity contribution >= 4 is 5.78 Å². The van der Waals surface area contributed by atoms with E-state index in [4.69, 9.17) is 5.73 Å². The molecular formula is C11H17N3O. The molecule has 0 bridgehead atoms. The van der Waals surface area contributed by atoms with Gasteiger partial charge in [-0.1, -0.05) is 0 Å². The molecule has 0 saturated carbocycles. The summed E-state index contributed by atoms with van der Waals surface area (Å²) in [6.07, 6.45) is 3.95. The lowest BCUT2D eigenvalue weighted by molar-refractivity contribution is 0.0904. The summed E-state index contributed by atoms with van der Waals surface area (Å²) in [5, 5.41) is 0. The van der Waals surface area contributed by atoms with Gasteiger partial charge >= 0.3 is 0 Å². The third-order valence-corrected chi connectivity index (χ3v) is 2.81. The van der Waals surface area contributed by atoms with Crippen molar-refractivity contribution in [2.24, 2.45) is 5.73 Å². The van der Waals surface area contributed by atoms with Gasteiger partial charge in [0.2, 0.25) is 0 Å². The molecule has 1 aliphatic rings. The van der Waals surface area contributed by atoms with Gasteiger partial charge in [0.25, 0.3) is 0 Å². The molecule has 1 fully saturated rings. The van der Waals surface area contributed by atoms with Gasteiger partial charge in [0, 0.05) is 18.8 Å². The number of likely N-dealkylation sites (tertiary alicyclic amines) is 1. The summed E-state index contributed by atoms with van der Waals surface area (Å²) in [5.74, 6) is 0.147. The van der Waals surface area contributed by atoms with E-state index in [1.54, 1.807) is 6.20 Å². The number of hydrogen-bond acceptors (Lipinski definition) is 3. The Morgan fingerprint density at radius 3 is 3.20 bits per heavy atom. The molecule has 0 aromatic carbocycles. The SMILES string of the molecule is NC1CCCN(CC(=O)c2ccc[nH]2)C1. The predicted molar refractivity (Wildman–Crippen MR) is 58.8 cm³/mol. The number of rotatable bonds is 3. The van der Waals surface area contributed by atoms with E-state index in [0.717, 1.165) is 25.9 Å². The van der Waals surface area contributed by atoms with E-state index in [2.05, 4.69) is 9.88 Å². The van der Waals surface area contributed by atoms with Crippen LogP contribution < -0.4 is 5.73 Å². The number of nitrogens with two attached hydrogens (primary N) is 1. The fraction of sp³-hybridized carbons (Fsp3) is 0.545. The number of H-pyrrole nitrogens is 1. The highest BCUT2D eigenvalue weighted by Crippen LogP contribution is 2.09. The van der Waals surface area contributed by atoms with E-state index in [0.29, 0.717) is 12.2 Å². The minimum atomic E-state index is 0.147. The maximum absolute atomic E-state index is 11.8. The second-order valence-electron chi connectivity index (χ2n) is 4.14. The van der Waals surface area contributed by atoms with Crippen LogP contribution in [0.5, 0.6) is 0 Å². The lowest BCUT2D eigenvalue weighted by Gasteiger charge is -2.29. The van der Waals surface area contributed by atoms with E-state index in [1.165, 1.54) is 0 Å². The predicted octanol–water partition coefficient (Wildman–Crippen LogP) is 0.620. The van der Waals surface area contributed by atoms with E-state index < -0.39 is 0 Å². The molecule has 0 spiro atoms. The van der Waals surface area contributed by atoms with Crippen LogP contribution in [0.3, 0.4) is 0 Å². The van der Waals surface area contributed by atoms with Crippen molar-refractivity contribution < 1.29 is 4.79 Å². The van der Waals surface area contributed by atoms with Crippen LogP contribution in [0.4, 0.5) is 0 Å². The van der Waals surface area contributed by atoms with E-state index in [9.17, 15) is 4.79 Å². The second-order valence-corrected chi connectivity index (χ2v) is 4.14. The first-order chi connectivity index (χ1) is 7.25. The number of nitrogens with zero attached hydrogens (tertiary/aromatic N) is 1. The van der Waals surface area contributed by atoms with Crippen molar-refractivity contribution in [3.8, 4) is 0 Å². The number of ketones is 1. The third kappa shape index (κ3) is 2.67. The molecular weight excluding hydrogens is 190 g/mol. The monoisotopic (exact) mass is 207 g/mol. The van der Waals surface area contributed by atoms with Crippen LogP contribution in [-0.2, 0) is 0 Å². The molecule has 1 aliphatic heterocycles. The van der Waals surface area contributed by atoms with E-state index in [-0.39, 0.29) is 11.8 Å². The molecule has 4 heteroatoms. The lowest BCUT2D eigenvalue weighted by atomic mass is 10.1. The molecule has 1 saturated heterocycles. The summed E-state index contributed by atoms with van der Waals surface area (Å²) in [5.41, 5.74) is 6.55. The molecule has 3 N–H and O–H groups in total. The Hall–Kier alpha value is -1.13. The van der Waals surface area contributed by atoms with Gasteiger partial charge in [0.1, 0.15) is 0 Å². The zero-order valence-corrected chi connectivity index (χ0v) is 8.78. The Kier molecular flexibility index (Phi) is 3.18. The lowest BCUT2D eigenvalue weighted by Crippen LogP contribution is -2.44. The van der Waals surface area contributed by atoms with Crippen LogP contribution in [0.1, 0.15) is 23.3 Å². The van der Waals surface area contributed by atoms with Crippen LogP contribution in [-0.4, -0.2) is 41.3 Å². The maximum atomic E-state index is 11.8. The molecule has 1 aromatic rings. The first kappa shape index (κ1) is 10.4. The molecule has 4 nitrogen and oxygen atoms in total. The Balaban J connectivity index is 1.89. The van der Waals surface area contributed by atoms with Gasteiger partial charge in [0.15, 0.2) is 5.78 Å². The molecule has 0 radical (unpaired) electrons. The van der Waals surface area contributed by atoms with Gasteiger partial charge in [-0.2, -0.15) is 0 Å². The van der Waals surface area contributed by atoms with Gasteiger partial charge in [0.05, 0.1) is 12.2 Å². The molecule has 2 heterocycles. The number of aromatic nitrogens is 1. The number of carbonyl (C=O) groups excluding carboxylic acids is 1. The largest absolute Gasteiger partial charge is 0.359 e. The Bertz CT molecular complexity index is 321. The van der Waals surface area contributed by atoms with Crippen LogP contribution in [0.15, 0.2) is 18.3 Å². The van der Waals surface area contributed by atoms with Gasteiger partial charge in [-0.3, -0.25) is 9.69 Å². The molecule has 1 aromatic heterocycles. The fourth-order valence-corrected chi connectivity index (χ4v) is 2.03.